The van der Waals surface area contributed by atoms with Crippen LogP contribution in [0.4, 0.5) is 0 Å². The molecule has 0 saturated heterocycles. The highest BCUT2D eigenvalue weighted by molar-refractivity contribution is 5.71. The van der Waals surface area contributed by atoms with E-state index in [-0.39, 0.29) is 31.1 Å². The summed E-state index contributed by atoms with van der Waals surface area (Å²) in [6, 6.07) is 0. The summed E-state index contributed by atoms with van der Waals surface area (Å²) in [7, 11) is 0. The van der Waals surface area contributed by atoms with Gasteiger partial charge in [-0.25, -0.2) is 0 Å². The predicted molar refractivity (Wildman–Crippen MR) is 362 cm³/mol. The average Bonchev–Trinajstić information content (AvgIpc) is 3.49. The van der Waals surface area contributed by atoms with Crippen LogP contribution in [0.2, 0.25) is 0 Å². The van der Waals surface area contributed by atoms with Crippen molar-refractivity contribution in [3.63, 3.8) is 0 Å². The van der Waals surface area contributed by atoms with Crippen LogP contribution in [0.1, 0.15) is 393 Å². The lowest BCUT2D eigenvalue weighted by molar-refractivity contribution is -0.167. The van der Waals surface area contributed by atoms with Crippen molar-refractivity contribution in [3.8, 4) is 0 Å². The number of unbranched alkanes of at least 4 members (excludes halogenated alkanes) is 47. The van der Waals surface area contributed by atoms with Gasteiger partial charge in [0.15, 0.2) is 6.10 Å². The minimum absolute atomic E-state index is 0.0744. The molecule has 0 bridgehead atoms. The van der Waals surface area contributed by atoms with Gasteiger partial charge in [-0.1, -0.05) is 326 Å². The molecule has 0 saturated carbocycles. The molecule has 0 heterocycles. The minimum Gasteiger partial charge on any atom is -0.462 e. The van der Waals surface area contributed by atoms with Gasteiger partial charge in [-0.05, 0) is 109 Å². The Morgan fingerprint density at radius 3 is 0.687 bits per heavy atom. The first-order chi connectivity index (χ1) is 41.0. The number of carbonyl (C=O) groups is 3. The summed E-state index contributed by atoms with van der Waals surface area (Å²) in [6.45, 7) is 6.66. The van der Waals surface area contributed by atoms with Crippen molar-refractivity contribution in [2.24, 2.45) is 0 Å². The molecule has 0 aliphatic rings. The summed E-state index contributed by atoms with van der Waals surface area (Å²) in [5.41, 5.74) is 0. The van der Waals surface area contributed by atoms with Gasteiger partial charge >= 0.3 is 17.9 Å². The van der Waals surface area contributed by atoms with Crippen LogP contribution in [0.15, 0.2) is 60.8 Å². The van der Waals surface area contributed by atoms with Gasteiger partial charge < -0.3 is 14.2 Å². The summed E-state index contributed by atoms with van der Waals surface area (Å²) in [6.07, 6.45) is 92.6. The summed E-state index contributed by atoms with van der Waals surface area (Å²) in [5.74, 6) is -0.863. The lowest BCUT2D eigenvalue weighted by Crippen LogP contribution is -2.30. The Labute approximate surface area is 517 Å². The molecule has 0 aromatic heterocycles. The van der Waals surface area contributed by atoms with E-state index < -0.39 is 6.10 Å². The first-order valence-electron chi connectivity index (χ1n) is 36.8. The molecule has 0 amide bonds. The average molecular weight is 1160 g/mol. The van der Waals surface area contributed by atoms with Crippen LogP contribution in [0.3, 0.4) is 0 Å². The first kappa shape index (κ1) is 80.1. The van der Waals surface area contributed by atoms with Crippen LogP contribution in [-0.4, -0.2) is 37.2 Å². The third kappa shape index (κ3) is 69.8. The number of allylic oxidation sites excluding steroid dienone is 10. The number of carbonyl (C=O) groups excluding carboxylic acids is 3. The van der Waals surface area contributed by atoms with Crippen LogP contribution >= 0.6 is 0 Å². The fourth-order valence-electron chi connectivity index (χ4n) is 10.9. The van der Waals surface area contributed by atoms with Crippen molar-refractivity contribution < 1.29 is 28.6 Å². The Morgan fingerprint density at radius 2 is 0.434 bits per heavy atom. The summed E-state index contributed by atoms with van der Waals surface area (Å²) >= 11 is 0. The molecule has 0 rings (SSSR count). The quantitative estimate of drug-likeness (QED) is 0.0261. The van der Waals surface area contributed by atoms with E-state index in [0.717, 1.165) is 77.0 Å². The second kappa shape index (κ2) is 71.6. The molecule has 0 aliphatic carbocycles. The maximum Gasteiger partial charge on any atom is 0.306 e. The standard InChI is InChI=1S/C77H140O6/c1-4-7-10-13-16-19-22-25-28-30-32-33-34-35-36-37-38-39-40-41-42-43-44-45-46-48-49-52-55-58-61-64-67-70-76(79)82-73-74(72-81-75(78)69-66-63-60-57-54-51-27-24-21-18-15-12-9-6-3)83-77(80)71-68-65-62-59-56-53-50-47-31-29-26-23-20-17-14-11-8-5-2/h22,24-25,27,29-32,34-35,74H,4-21,23,26,28,33,36-73H2,1-3H3/b25-22-,27-24-,31-29-,32-30-,35-34-. The lowest BCUT2D eigenvalue weighted by atomic mass is 10.0. The summed E-state index contributed by atoms with van der Waals surface area (Å²) in [4.78, 5) is 38.4. The predicted octanol–water partition coefficient (Wildman–Crippen LogP) is 25.5. The molecule has 0 N–H and O–H groups in total. The van der Waals surface area contributed by atoms with Crippen molar-refractivity contribution in [2.45, 2.75) is 399 Å². The Hall–Kier alpha value is -2.89. The SMILES string of the molecule is CCCCCCC/C=C\C/C=C\C/C=C\CCCCCCCCCCCCCCCCCCCCC(=O)OCC(COC(=O)CCCCCCC/C=C\CCCCCCC)OC(=O)CCCCCCCCC/C=C\CCCCCCCCC. The molecule has 0 spiro atoms. The largest absolute Gasteiger partial charge is 0.462 e. The van der Waals surface area contributed by atoms with Gasteiger partial charge in [0.2, 0.25) is 0 Å². The normalized spacial score (nSPS) is 12.4. The molecule has 6 nitrogen and oxygen atoms in total. The molecule has 1 unspecified atom stereocenters. The Kier molecular flexibility index (Phi) is 69.1. The van der Waals surface area contributed by atoms with Gasteiger partial charge in [-0.2, -0.15) is 0 Å². The van der Waals surface area contributed by atoms with E-state index in [4.69, 9.17) is 14.2 Å². The highest BCUT2D eigenvalue weighted by Crippen LogP contribution is 2.18. The molecule has 6 heteroatoms. The van der Waals surface area contributed by atoms with Gasteiger partial charge in [-0.3, -0.25) is 14.4 Å². The van der Waals surface area contributed by atoms with Crippen molar-refractivity contribution >= 4 is 17.9 Å². The molecule has 0 aromatic carbocycles. The molecular formula is C77H140O6. The third-order valence-electron chi connectivity index (χ3n) is 16.5. The Morgan fingerprint density at radius 1 is 0.241 bits per heavy atom. The van der Waals surface area contributed by atoms with Gasteiger partial charge in [0.05, 0.1) is 0 Å². The van der Waals surface area contributed by atoms with Crippen LogP contribution in [-0.2, 0) is 28.6 Å². The Bertz CT molecular complexity index is 1470. The molecule has 83 heavy (non-hydrogen) atoms. The van der Waals surface area contributed by atoms with Crippen molar-refractivity contribution in [2.75, 3.05) is 13.2 Å². The minimum atomic E-state index is -0.779. The maximum atomic E-state index is 12.9. The summed E-state index contributed by atoms with van der Waals surface area (Å²) < 4.78 is 17.0. The zero-order valence-corrected chi connectivity index (χ0v) is 55.7. The van der Waals surface area contributed by atoms with Crippen molar-refractivity contribution in [1.29, 1.82) is 0 Å². The first-order valence-corrected chi connectivity index (χ1v) is 36.8. The van der Waals surface area contributed by atoms with E-state index in [1.807, 2.05) is 0 Å². The number of hydrogen-bond acceptors (Lipinski definition) is 6. The number of hydrogen-bond donors (Lipinski definition) is 0. The molecule has 0 radical (unpaired) electrons. The van der Waals surface area contributed by atoms with E-state index in [1.54, 1.807) is 0 Å². The lowest BCUT2D eigenvalue weighted by Gasteiger charge is -2.18. The van der Waals surface area contributed by atoms with Gasteiger partial charge in [0, 0.05) is 19.3 Å². The number of rotatable bonds is 68. The molecule has 484 valence electrons. The van der Waals surface area contributed by atoms with Crippen LogP contribution in [0.25, 0.3) is 0 Å². The van der Waals surface area contributed by atoms with Gasteiger partial charge in [0.1, 0.15) is 13.2 Å². The topological polar surface area (TPSA) is 78.9 Å². The fourth-order valence-corrected chi connectivity index (χ4v) is 10.9. The zero-order valence-electron chi connectivity index (χ0n) is 55.7. The highest BCUT2D eigenvalue weighted by atomic mass is 16.6. The molecule has 0 aromatic rings. The fraction of sp³-hybridized carbons (Fsp3) is 0.831. The van der Waals surface area contributed by atoms with E-state index in [2.05, 4.69) is 81.5 Å². The maximum absolute atomic E-state index is 12.9. The Balaban J connectivity index is 4.17. The molecule has 0 aliphatic heterocycles. The smallest absolute Gasteiger partial charge is 0.306 e. The molecule has 1 atom stereocenters. The van der Waals surface area contributed by atoms with E-state index in [0.29, 0.717) is 19.3 Å². The van der Waals surface area contributed by atoms with Crippen LogP contribution in [0.5, 0.6) is 0 Å². The van der Waals surface area contributed by atoms with E-state index >= 15 is 0 Å². The molecule has 0 fully saturated rings. The number of ether oxygens (including phenoxy) is 3. The number of esters is 3. The second-order valence-corrected chi connectivity index (χ2v) is 24.8. The van der Waals surface area contributed by atoms with E-state index in [1.165, 1.54) is 276 Å². The highest BCUT2D eigenvalue weighted by Gasteiger charge is 2.19. The van der Waals surface area contributed by atoms with Gasteiger partial charge in [-0.15, -0.1) is 0 Å². The van der Waals surface area contributed by atoms with Gasteiger partial charge in [0.25, 0.3) is 0 Å². The van der Waals surface area contributed by atoms with Crippen molar-refractivity contribution in [3.05, 3.63) is 60.8 Å². The zero-order chi connectivity index (χ0) is 59.9. The summed E-state index contributed by atoms with van der Waals surface area (Å²) in [5, 5.41) is 0. The van der Waals surface area contributed by atoms with Crippen molar-refractivity contribution in [1.82, 2.24) is 0 Å². The van der Waals surface area contributed by atoms with Crippen LogP contribution < -0.4 is 0 Å². The monoisotopic (exact) mass is 1160 g/mol. The van der Waals surface area contributed by atoms with E-state index in [9.17, 15) is 14.4 Å². The molecular weight excluding hydrogens is 1020 g/mol. The third-order valence-corrected chi connectivity index (χ3v) is 16.5. The second-order valence-electron chi connectivity index (χ2n) is 24.8. The van der Waals surface area contributed by atoms with Crippen LogP contribution in [0, 0.1) is 0 Å².